The van der Waals surface area contributed by atoms with Crippen molar-refractivity contribution >= 4 is 29.9 Å². The van der Waals surface area contributed by atoms with E-state index in [9.17, 15) is 13.2 Å². The second-order valence-electron chi connectivity index (χ2n) is 6.67. The monoisotopic (exact) mass is 539 g/mol. The number of benzene rings is 1. The van der Waals surface area contributed by atoms with Crippen LogP contribution in [0, 0.1) is 0 Å². The summed E-state index contributed by atoms with van der Waals surface area (Å²) >= 11 is 0. The lowest BCUT2D eigenvalue weighted by Crippen LogP contribution is -2.52. The van der Waals surface area contributed by atoms with E-state index in [1.54, 1.807) is 25.4 Å². The van der Waals surface area contributed by atoms with E-state index in [1.807, 2.05) is 6.07 Å². The maximum Gasteiger partial charge on any atom is 0.573 e. The summed E-state index contributed by atoms with van der Waals surface area (Å²) in [6.07, 6.45) is -2.43. The first-order valence-corrected chi connectivity index (χ1v) is 9.35. The maximum absolute atomic E-state index is 12.2. The van der Waals surface area contributed by atoms with Gasteiger partial charge in [-0.05, 0) is 24.1 Å². The Morgan fingerprint density at radius 2 is 1.87 bits per heavy atom. The van der Waals surface area contributed by atoms with E-state index in [-0.39, 0.29) is 29.7 Å². The predicted octanol–water partition coefficient (Wildman–Crippen LogP) is 3.13. The molecule has 0 amide bonds. The van der Waals surface area contributed by atoms with Gasteiger partial charge in [0, 0.05) is 52.4 Å². The molecule has 1 aromatic carbocycles. The number of piperazine rings is 1. The van der Waals surface area contributed by atoms with Crippen LogP contribution in [0.25, 0.3) is 0 Å². The summed E-state index contributed by atoms with van der Waals surface area (Å²) < 4.78 is 45.4. The first-order valence-electron chi connectivity index (χ1n) is 9.35. The van der Waals surface area contributed by atoms with Crippen molar-refractivity contribution in [3.8, 4) is 5.75 Å². The molecule has 1 aliphatic heterocycles. The maximum atomic E-state index is 12.2. The summed E-state index contributed by atoms with van der Waals surface area (Å²) in [6, 6.07) is 7.79. The molecule has 2 heterocycles. The van der Waals surface area contributed by atoms with E-state index in [4.69, 9.17) is 4.52 Å². The molecule has 1 fully saturated rings. The van der Waals surface area contributed by atoms with Crippen molar-refractivity contribution in [2.24, 2.45) is 4.99 Å². The van der Waals surface area contributed by atoms with Crippen LogP contribution >= 0.6 is 24.0 Å². The fourth-order valence-electron chi connectivity index (χ4n) is 3.17. The quantitative estimate of drug-likeness (QED) is 0.346. The number of aromatic nitrogens is 1. The zero-order valence-electron chi connectivity index (χ0n) is 16.6. The predicted molar refractivity (Wildman–Crippen MR) is 117 cm³/mol. The Labute approximate surface area is 190 Å². The lowest BCUT2D eigenvalue weighted by Gasteiger charge is -2.36. The molecule has 0 saturated carbocycles. The summed E-state index contributed by atoms with van der Waals surface area (Å²) in [6.45, 7) is 4.89. The second kappa shape index (κ2) is 11.4. The Bertz CT molecular complexity index is 776. The number of rotatable bonds is 6. The van der Waals surface area contributed by atoms with Crippen LogP contribution < -0.4 is 10.1 Å². The van der Waals surface area contributed by atoms with Crippen LogP contribution in [0.1, 0.15) is 11.3 Å². The van der Waals surface area contributed by atoms with E-state index >= 15 is 0 Å². The number of guanidine groups is 1. The Kier molecular flexibility index (Phi) is 9.21. The van der Waals surface area contributed by atoms with E-state index < -0.39 is 6.36 Å². The molecule has 2 aromatic rings. The Morgan fingerprint density at radius 1 is 1.17 bits per heavy atom. The van der Waals surface area contributed by atoms with E-state index in [1.165, 1.54) is 12.1 Å². The summed E-state index contributed by atoms with van der Waals surface area (Å²) in [4.78, 5) is 8.84. The van der Waals surface area contributed by atoms with Crippen molar-refractivity contribution in [1.29, 1.82) is 0 Å². The molecule has 0 atom stereocenters. The molecule has 1 aliphatic rings. The third-order valence-corrected chi connectivity index (χ3v) is 4.61. The number of ether oxygens (including phenoxy) is 1. The lowest BCUT2D eigenvalue weighted by atomic mass is 10.1. The van der Waals surface area contributed by atoms with Crippen LogP contribution in [0.2, 0.25) is 0 Å². The molecule has 0 unspecified atom stereocenters. The molecule has 0 aliphatic carbocycles. The largest absolute Gasteiger partial charge is 0.573 e. The molecule has 0 bridgehead atoms. The second-order valence-corrected chi connectivity index (χ2v) is 6.67. The number of hydrogen-bond acceptors (Lipinski definition) is 5. The van der Waals surface area contributed by atoms with Gasteiger partial charge in [-0.15, -0.1) is 37.1 Å². The minimum absolute atomic E-state index is 0. The molecular formula is C19H25F3IN5O2. The highest BCUT2D eigenvalue weighted by Gasteiger charge is 2.30. The van der Waals surface area contributed by atoms with Crippen molar-refractivity contribution in [2.45, 2.75) is 19.3 Å². The van der Waals surface area contributed by atoms with Crippen molar-refractivity contribution in [2.75, 3.05) is 39.8 Å². The summed E-state index contributed by atoms with van der Waals surface area (Å²) in [5, 5.41) is 7.26. The SMILES string of the molecule is CN=C(NCCc1ccc(OC(F)(F)F)cc1)N1CCN(Cc2ccon2)CC1.I. The number of aliphatic imine (C=N–C) groups is 1. The van der Waals surface area contributed by atoms with Gasteiger partial charge in [0.15, 0.2) is 5.96 Å². The molecule has 30 heavy (non-hydrogen) atoms. The van der Waals surface area contributed by atoms with Crippen LogP contribution in [0.3, 0.4) is 0 Å². The first kappa shape index (κ1) is 24.3. The van der Waals surface area contributed by atoms with E-state index in [0.29, 0.717) is 13.0 Å². The molecule has 1 aromatic heterocycles. The van der Waals surface area contributed by atoms with Gasteiger partial charge in [0.05, 0.1) is 5.69 Å². The molecule has 0 spiro atoms. The zero-order chi connectivity index (χ0) is 20.7. The number of nitrogens with zero attached hydrogens (tertiary/aromatic N) is 4. The molecule has 166 valence electrons. The number of hydrogen-bond donors (Lipinski definition) is 1. The van der Waals surface area contributed by atoms with E-state index in [2.05, 4.69) is 30.0 Å². The molecule has 1 N–H and O–H groups in total. The number of nitrogens with one attached hydrogen (secondary N) is 1. The molecule has 1 saturated heterocycles. The Morgan fingerprint density at radius 3 is 2.43 bits per heavy atom. The summed E-state index contributed by atoms with van der Waals surface area (Å²) in [7, 11) is 1.74. The summed E-state index contributed by atoms with van der Waals surface area (Å²) in [5.41, 5.74) is 1.84. The minimum Gasteiger partial charge on any atom is -0.406 e. The number of alkyl halides is 3. The third-order valence-electron chi connectivity index (χ3n) is 4.61. The normalized spacial score (nSPS) is 15.6. The Balaban J connectivity index is 0.00000320. The topological polar surface area (TPSA) is 66.1 Å². The van der Waals surface area contributed by atoms with Gasteiger partial charge in [-0.3, -0.25) is 9.89 Å². The molecule has 0 radical (unpaired) electrons. The van der Waals surface area contributed by atoms with Crippen LogP contribution in [-0.4, -0.2) is 67.0 Å². The van der Waals surface area contributed by atoms with Crippen LogP contribution in [0.15, 0.2) is 46.1 Å². The van der Waals surface area contributed by atoms with Crippen LogP contribution in [-0.2, 0) is 13.0 Å². The van der Waals surface area contributed by atoms with Gasteiger partial charge < -0.3 is 19.5 Å². The molecule has 7 nitrogen and oxygen atoms in total. The minimum atomic E-state index is -4.67. The first-order chi connectivity index (χ1) is 13.9. The van der Waals surface area contributed by atoms with Gasteiger partial charge in [-0.1, -0.05) is 17.3 Å². The van der Waals surface area contributed by atoms with Gasteiger partial charge in [-0.25, -0.2) is 0 Å². The fourth-order valence-corrected chi connectivity index (χ4v) is 3.17. The smallest absolute Gasteiger partial charge is 0.406 e. The van der Waals surface area contributed by atoms with Crippen LogP contribution in [0.4, 0.5) is 13.2 Å². The van der Waals surface area contributed by atoms with Crippen molar-refractivity contribution < 1.29 is 22.4 Å². The molecule has 3 rings (SSSR count). The fraction of sp³-hybridized carbons (Fsp3) is 0.474. The van der Waals surface area contributed by atoms with Crippen molar-refractivity contribution in [1.82, 2.24) is 20.3 Å². The van der Waals surface area contributed by atoms with Gasteiger partial charge >= 0.3 is 6.36 Å². The van der Waals surface area contributed by atoms with Gasteiger partial charge in [0.1, 0.15) is 12.0 Å². The highest BCUT2D eigenvalue weighted by atomic mass is 127. The Hall–Kier alpha value is -2.02. The third kappa shape index (κ3) is 7.67. The van der Waals surface area contributed by atoms with Crippen molar-refractivity contribution in [3.05, 3.63) is 47.9 Å². The molecular weight excluding hydrogens is 514 g/mol. The van der Waals surface area contributed by atoms with Gasteiger partial charge in [0.25, 0.3) is 0 Å². The standard InChI is InChI=1S/C19H24F3N5O2.HI/c1-23-18(27-11-9-26(10-12-27)14-16-7-13-28-25-16)24-8-6-15-2-4-17(5-3-15)29-19(20,21)22;/h2-5,7,13H,6,8-12,14H2,1H3,(H,23,24);1H. The highest BCUT2D eigenvalue weighted by molar-refractivity contribution is 14.0. The lowest BCUT2D eigenvalue weighted by molar-refractivity contribution is -0.274. The average molecular weight is 539 g/mol. The zero-order valence-corrected chi connectivity index (χ0v) is 18.9. The van der Waals surface area contributed by atoms with Crippen molar-refractivity contribution in [3.63, 3.8) is 0 Å². The van der Waals surface area contributed by atoms with Gasteiger partial charge in [-0.2, -0.15) is 0 Å². The van der Waals surface area contributed by atoms with Gasteiger partial charge in [0.2, 0.25) is 0 Å². The van der Waals surface area contributed by atoms with E-state index in [0.717, 1.165) is 49.9 Å². The highest BCUT2D eigenvalue weighted by Crippen LogP contribution is 2.22. The summed E-state index contributed by atoms with van der Waals surface area (Å²) in [5.74, 6) is 0.608. The number of halogens is 4. The average Bonchev–Trinajstić information content (AvgIpc) is 3.19. The van der Waals surface area contributed by atoms with Crippen LogP contribution in [0.5, 0.6) is 5.75 Å². The molecule has 11 heteroatoms.